The second-order valence-electron chi connectivity index (χ2n) is 7.31. The molecule has 10 heteroatoms. The number of carboxylic acids is 1. The minimum atomic E-state index is -5.08. The summed E-state index contributed by atoms with van der Waals surface area (Å²) in [7, 11) is 0. The lowest BCUT2D eigenvalue weighted by atomic mass is 10.0. The van der Waals surface area contributed by atoms with Crippen LogP contribution in [0.1, 0.15) is 11.1 Å². The minimum Gasteiger partial charge on any atom is -0.475 e. The molecular weight excluding hydrogens is 437 g/mol. The summed E-state index contributed by atoms with van der Waals surface area (Å²) in [5.74, 6) is -2.79. The SMILES string of the molecule is N[C@@H](Cc1ccccc1)C(=O)N1CCc2ccc(-c3cncnc3)cc21.O=C(O)C(F)(F)F. The second-order valence-corrected chi connectivity index (χ2v) is 7.31. The normalized spacial score (nSPS) is 13.5. The van der Waals surface area contributed by atoms with Gasteiger partial charge < -0.3 is 15.7 Å². The summed E-state index contributed by atoms with van der Waals surface area (Å²) in [6.07, 6.45) is 1.37. The molecule has 1 aliphatic heterocycles. The van der Waals surface area contributed by atoms with E-state index >= 15 is 0 Å². The molecule has 3 N–H and O–H groups in total. The average Bonchev–Trinajstić information content (AvgIpc) is 3.23. The van der Waals surface area contributed by atoms with Crippen LogP contribution in [0.25, 0.3) is 11.1 Å². The number of nitrogens with zero attached hydrogens (tertiary/aromatic N) is 3. The first-order chi connectivity index (χ1) is 15.7. The van der Waals surface area contributed by atoms with E-state index in [1.54, 1.807) is 12.4 Å². The molecule has 2 aromatic carbocycles. The zero-order valence-electron chi connectivity index (χ0n) is 17.4. The zero-order valence-corrected chi connectivity index (χ0v) is 17.4. The van der Waals surface area contributed by atoms with Gasteiger partial charge in [0, 0.05) is 30.2 Å². The van der Waals surface area contributed by atoms with Gasteiger partial charge in [-0.15, -0.1) is 0 Å². The van der Waals surface area contributed by atoms with E-state index in [1.165, 1.54) is 11.9 Å². The van der Waals surface area contributed by atoms with Crippen LogP contribution >= 0.6 is 0 Å². The molecule has 1 aromatic heterocycles. The predicted octanol–water partition coefficient (Wildman–Crippen LogP) is 3.24. The van der Waals surface area contributed by atoms with Crippen molar-refractivity contribution in [2.45, 2.75) is 25.1 Å². The Morgan fingerprint density at radius 2 is 1.70 bits per heavy atom. The summed E-state index contributed by atoms with van der Waals surface area (Å²) in [6.45, 7) is 0.672. The summed E-state index contributed by atoms with van der Waals surface area (Å²) in [4.78, 5) is 31.8. The van der Waals surface area contributed by atoms with E-state index in [-0.39, 0.29) is 5.91 Å². The Hall–Kier alpha value is -3.79. The van der Waals surface area contributed by atoms with Crippen LogP contribution in [-0.2, 0) is 22.4 Å². The smallest absolute Gasteiger partial charge is 0.475 e. The number of hydrogen-bond donors (Lipinski definition) is 2. The molecule has 1 amide bonds. The fourth-order valence-corrected chi connectivity index (χ4v) is 3.39. The van der Waals surface area contributed by atoms with Crippen LogP contribution in [0.2, 0.25) is 0 Å². The Labute approximate surface area is 187 Å². The molecule has 1 atom stereocenters. The van der Waals surface area contributed by atoms with Gasteiger partial charge in [-0.1, -0.05) is 42.5 Å². The molecule has 7 nitrogen and oxygen atoms in total. The van der Waals surface area contributed by atoms with Crippen molar-refractivity contribution in [2.24, 2.45) is 5.73 Å². The molecule has 1 aliphatic rings. The van der Waals surface area contributed by atoms with Gasteiger partial charge in [0.15, 0.2) is 0 Å². The lowest BCUT2D eigenvalue weighted by Gasteiger charge is -2.22. The number of amides is 1. The molecular formula is C23H21F3N4O3. The van der Waals surface area contributed by atoms with Gasteiger partial charge in [0.05, 0.1) is 6.04 Å². The second kappa shape index (κ2) is 10.2. The summed E-state index contributed by atoms with van der Waals surface area (Å²) < 4.78 is 31.7. The molecule has 3 aromatic rings. The van der Waals surface area contributed by atoms with Crippen LogP contribution in [-0.4, -0.2) is 45.7 Å². The number of nitrogens with two attached hydrogens (primary N) is 1. The molecule has 2 heterocycles. The monoisotopic (exact) mass is 458 g/mol. The van der Waals surface area contributed by atoms with E-state index in [2.05, 4.69) is 22.1 Å². The lowest BCUT2D eigenvalue weighted by Crippen LogP contribution is -2.44. The molecule has 172 valence electrons. The number of alkyl halides is 3. The molecule has 0 aliphatic carbocycles. The average molecular weight is 458 g/mol. The number of hydrogen-bond acceptors (Lipinski definition) is 5. The summed E-state index contributed by atoms with van der Waals surface area (Å²) in [6, 6.07) is 15.5. The fourth-order valence-electron chi connectivity index (χ4n) is 3.39. The minimum absolute atomic E-state index is 0.0333. The predicted molar refractivity (Wildman–Crippen MR) is 115 cm³/mol. The molecule has 0 spiro atoms. The summed E-state index contributed by atoms with van der Waals surface area (Å²) >= 11 is 0. The van der Waals surface area contributed by atoms with Crippen LogP contribution in [0, 0.1) is 0 Å². The van der Waals surface area contributed by atoms with Gasteiger partial charge >= 0.3 is 12.1 Å². The van der Waals surface area contributed by atoms with Crippen LogP contribution in [0.4, 0.5) is 18.9 Å². The van der Waals surface area contributed by atoms with Crippen molar-refractivity contribution < 1.29 is 27.9 Å². The third kappa shape index (κ3) is 6.13. The highest BCUT2D eigenvalue weighted by Crippen LogP contribution is 2.33. The third-order valence-corrected chi connectivity index (χ3v) is 5.00. The lowest BCUT2D eigenvalue weighted by molar-refractivity contribution is -0.192. The Morgan fingerprint density at radius 1 is 1.06 bits per heavy atom. The van der Waals surface area contributed by atoms with Crippen molar-refractivity contribution in [3.63, 3.8) is 0 Å². The van der Waals surface area contributed by atoms with Crippen molar-refractivity contribution in [3.8, 4) is 11.1 Å². The van der Waals surface area contributed by atoms with Crippen LogP contribution in [0.15, 0.2) is 67.3 Å². The maximum atomic E-state index is 12.9. The van der Waals surface area contributed by atoms with Crippen molar-refractivity contribution in [1.82, 2.24) is 9.97 Å². The van der Waals surface area contributed by atoms with E-state index < -0.39 is 18.2 Å². The van der Waals surface area contributed by atoms with Crippen LogP contribution < -0.4 is 10.6 Å². The Balaban J connectivity index is 0.000000383. The van der Waals surface area contributed by atoms with Gasteiger partial charge in [-0.2, -0.15) is 13.2 Å². The van der Waals surface area contributed by atoms with Crippen molar-refractivity contribution >= 4 is 17.6 Å². The first-order valence-electron chi connectivity index (χ1n) is 9.96. The van der Waals surface area contributed by atoms with Gasteiger partial charge in [0.25, 0.3) is 0 Å². The van der Waals surface area contributed by atoms with E-state index in [4.69, 9.17) is 15.6 Å². The zero-order chi connectivity index (χ0) is 24.0. The van der Waals surface area contributed by atoms with Gasteiger partial charge in [-0.05, 0) is 35.6 Å². The first-order valence-corrected chi connectivity index (χ1v) is 9.96. The number of carboxylic acid groups (broad SMARTS) is 1. The van der Waals surface area contributed by atoms with E-state index in [1.807, 2.05) is 41.3 Å². The topological polar surface area (TPSA) is 109 Å². The van der Waals surface area contributed by atoms with Gasteiger partial charge in [0.2, 0.25) is 5.91 Å². The van der Waals surface area contributed by atoms with Crippen molar-refractivity contribution in [2.75, 3.05) is 11.4 Å². The number of aromatic nitrogens is 2. The van der Waals surface area contributed by atoms with Gasteiger partial charge in [-0.3, -0.25) is 4.79 Å². The highest BCUT2D eigenvalue weighted by Gasteiger charge is 2.38. The van der Waals surface area contributed by atoms with Crippen LogP contribution in [0.3, 0.4) is 0 Å². The maximum Gasteiger partial charge on any atom is 0.490 e. The summed E-state index contributed by atoms with van der Waals surface area (Å²) in [5, 5.41) is 7.12. The molecule has 0 unspecified atom stereocenters. The van der Waals surface area contributed by atoms with Crippen molar-refractivity contribution in [3.05, 3.63) is 78.4 Å². The standard InChI is InChI=1S/C21H20N4O.C2HF3O2/c22-19(10-15-4-2-1-3-5-15)21(26)25-9-8-16-6-7-17(11-20(16)25)18-12-23-14-24-13-18;3-2(4,5)1(6)7/h1-7,11-14,19H,8-10,22H2;(H,6,7)/t19-;/m0./s1. The molecule has 0 bridgehead atoms. The Kier molecular flexibility index (Phi) is 7.39. The highest BCUT2D eigenvalue weighted by atomic mass is 19.4. The third-order valence-electron chi connectivity index (χ3n) is 5.00. The molecule has 4 rings (SSSR count). The summed E-state index contributed by atoms with van der Waals surface area (Å²) in [5.41, 5.74) is 11.3. The molecule has 0 saturated carbocycles. The number of aliphatic carboxylic acids is 1. The van der Waals surface area contributed by atoms with Gasteiger partial charge in [0.1, 0.15) is 6.33 Å². The number of benzene rings is 2. The molecule has 0 radical (unpaired) electrons. The molecule has 0 saturated heterocycles. The number of carbonyl (C=O) groups excluding carboxylic acids is 1. The molecule has 33 heavy (non-hydrogen) atoms. The molecule has 0 fully saturated rings. The van der Waals surface area contributed by atoms with E-state index in [0.29, 0.717) is 13.0 Å². The van der Waals surface area contributed by atoms with E-state index in [9.17, 15) is 18.0 Å². The number of rotatable bonds is 4. The number of fused-ring (bicyclic) bond motifs is 1. The number of anilines is 1. The van der Waals surface area contributed by atoms with Crippen LogP contribution in [0.5, 0.6) is 0 Å². The maximum absolute atomic E-state index is 12.9. The number of carbonyl (C=O) groups is 2. The quantitative estimate of drug-likeness (QED) is 0.621. The van der Waals surface area contributed by atoms with E-state index in [0.717, 1.165) is 28.8 Å². The first kappa shape index (κ1) is 23.9. The van der Waals surface area contributed by atoms with Crippen molar-refractivity contribution in [1.29, 1.82) is 0 Å². The highest BCUT2D eigenvalue weighted by molar-refractivity contribution is 5.99. The Bertz CT molecular complexity index is 1110. The largest absolute Gasteiger partial charge is 0.490 e. The Morgan fingerprint density at radius 3 is 2.30 bits per heavy atom. The number of halogens is 3. The fraction of sp³-hybridized carbons (Fsp3) is 0.217. The van der Waals surface area contributed by atoms with Gasteiger partial charge in [-0.25, -0.2) is 14.8 Å².